The van der Waals surface area contributed by atoms with Crippen molar-refractivity contribution in [3.63, 3.8) is 0 Å². The molecule has 0 radical (unpaired) electrons. The molecule has 0 bridgehead atoms. The largest absolute Gasteiger partial charge is 0.481 e. The highest BCUT2D eigenvalue weighted by molar-refractivity contribution is 5.83. The highest BCUT2D eigenvalue weighted by Gasteiger charge is 2.41. The van der Waals surface area contributed by atoms with Gasteiger partial charge in [0.15, 0.2) is 0 Å². The van der Waals surface area contributed by atoms with Gasteiger partial charge in [-0.25, -0.2) is 0 Å². The van der Waals surface area contributed by atoms with E-state index < -0.39 is 46.6 Å². The molecule has 0 aliphatic rings. The molecular formula is C27H25F6NO2. The van der Waals surface area contributed by atoms with E-state index in [0.717, 1.165) is 23.1 Å². The van der Waals surface area contributed by atoms with Crippen LogP contribution in [0, 0.1) is 5.92 Å². The number of benzene rings is 3. The van der Waals surface area contributed by atoms with Crippen LogP contribution < -0.4 is 4.90 Å². The molecule has 0 spiro atoms. The predicted molar refractivity (Wildman–Crippen MR) is 126 cm³/mol. The van der Waals surface area contributed by atoms with Crippen molar-refractivity contribution in [3.05, 3.63) is 83.4 Å². The molecule has 0 amide bonds. The van der Waals surface area contributed by atoms with Crippen molar-refractivity contribution in [2.45, 2.75) is 38.5 Å². The lowest BCUT2D eigenvalue weighted by Gasteiger charge is -2.29. The van der Waals surface area contributed by atoms with Gasteiger partial charge in [-0.15, -0.1) is 0 Å². The first-order chi connectivity index (χ1) is 16.7. The molecule has 0 fully saturated rings. The Morgan fingerprint density at radius 2 is 1.50 bits per heavy atom. The molecule has 0 aliphatic carbocycles. The number of hydrogen-bond donors (Lipinski definition) is 1. The van der Waals surface area contributed by atoms with Crippen molar-refractivity contribution in [1.29, 1.82) is 0 Å². The van der Waals surface area contributed by atoms with Crippen LogP contribution in [-0.2, 0) is 17.1 Å². The minimum Gasteiger partial charge on any atom is -0.481 e. The zero-order valence-corrected chi connectivity index (χ0v) is 19.8. The molecule has 1 atom stereocenters. The van der Waals surface area contributed by atoms with Crippen LogP contribution in [0.15, 0.2) is 66.7 Å². The number of anilines is 2. The van der Waals surface area contributed by atoms with Gasteiger partial charge in [0, 0.05) is 12.7 Å². The van der Waals surface area contributed by atoms with E-state index in [0.29, 0.717) is 11.1 Å². The lowest BCUT2D eigenvalue weighted by molar-refractivity contribution is -0.142. The van der Waals surface area contributed by atoms with Gasteiger partial charge in [0.1, 0.15) is 0 Å². The zero-order valence-electron chi connectivity index (χ0n) is 19.8. The number of alkyl halides is 6. The van der Waals surface area contributed by atoms with Crippen molar-refractivity contribution in [2.24, 2.45) is 5.92 Å². The highest BCUT2D eigenvalue weighted by Crippen LogP contribution is 2.47. The fourth-order valence-electron chi connectivity index (χ4n) is 4.16. The van der Waals surface area contributed by atoms with E-state index in [1.165, 1.54) is 25.2 Å². The fourth-order valence-corrected chi connectivity index (χ4v) is 4.16. The number of carboxylic acid groups (broad SMARTS) is 1. The minimum absolute atomic E-state index is 0.0522. The number of halogens is 6. The van der Waals surface area contributed by atoms with Crippen molar-refractivity contribution in [2.75, 3.05) is 11.9 Å². The normalized spacial score (nSPS) is 13.1. The topological polar surface area (TPSA) is 40.5 Å². The molecule has 0 aromatic heterocycles. The second kappa shape index (κ2) is 10.2. The number of rotatable bonds is 7. The van der Waals surface area contributed by atoms with E-state index >= 15 is 0 Å². The molecule has 192 valence electrons. The SMILES string of the molecule is CC(C)CC(C(=O)O)c1cc(-c2ccccc2)cc(N(C)c2cccc(C(F)(F)F)c2)c1C(F)(F)F. The van der Waals surface area contributed by atoms with Crippen LogP contribution >= 0.6 is 0 Å². The molecule has 0 aliphatic heterocycles. The van der Waals surface area contributed by atoms with E-state index in [1.807, 2.05) is 0 Å². The van der Waals surface area contributed by atoms with E-state index in [9.17, 15) is 36.2 Å². The second-order valence-electron chi connectivity index (χ2n) is 8.95. The monoisotopic (exact) mass is 509 g/mol. The van der Waals surface area contributed by atoms with Crippen LogP contribution in [0.25, 0.3) is 11.1 Å². The van der Waals surface area contributed by atoms with Gasteiger partial charge in [0.05, 0.1) is 22.7 Å². The highest BCUT2D eigenvalue weighted by atomic mass is 19.4. The smallest absolute Gasteiger partial charge is 0.418 e. The van der Waals surface area contributed by atoms with Crippen molar-refractivity contribution in [1.82, 2.24) is 0 Å². The molecule has 9 heteroatoms. The third-order valence-corrected chi connectivity index (χ3v) is 5.84. The summed E-state index contributed by atoms with van der Waals surface area (Å²) in [6, 6.07) is 14.9. The summed E-state index contributed by atoms with van der Waals surface area (Å²) in [4.78, 5) is 13.2. The summed E-state index contributed by atoms with van der Waals surface area (Å²) in [5.41, 5.74) is -2.32. The number of carbonyl (C=O) groups is 1. The maximum Gasteiger partial charge on any atom is 0.418 e. The molecule has 1 unspecified atom stereocenters. The molecule has 3 aromatic carbocycles. The van der Waals surface area contributed by atoms with Crippen LogP contribution in [0.5, 0.6) is 0 Å². The van der Waals surface area contributed by atoms with Crippen molar-refractivity contribution in [3.8, 4) is 11.1 Å². The van der Waals surface area contributed by atoms with E-state index in [4.69, 9.17) is 0 Å². The maximum atomic E-state index is 14.5. The first kappa shape index (κ1) is 27.1. The zero-order chi connectivity index (χ0) is 26.8. The number of hydrogen-bond acceptors (Lipinski definition) is 2. The third-order valence-electron chi connectivity index (χ3n) is 5.84. The van der Waals surface area contributed by atoms with Crippen LogP contribution in [-0.4, -0.2) is 18.1 Å². The van der Waals surface area contributed by atoms with Crippen LogP contribution in [0.2, 0.25) is 0 Å². The molecular weight excluding hydrogens is 484 g/mol. The van der Waals surface area contributed by atoms with Gasteiger partial charge in [-0.2, -0.15) is 26.3 Å². The lowest BCUT2D eigenvalue weighted by atomic mass is 9.84. The molecule has 3 rings (SSSR count). The Bertz CT molecular complexity index is 1220. The third kappa shape index (κ3) is 6.01. The average molecular weight is 509 g/mol. The lowest BCUT2D eigenvalue weighted by Crippen LogP contribution is -2.23. The van der Waals surface area contributed by atoms with Gasteiger partial charge in [-0.1, -0.05) is 50.2 Å². The second-order valence-corrected chi connectivity index (χ2v) is 8.95. The minimum atomic E-state index is -4.97. The Labute approximate surface area is 205 Å². The summed E-state index contributed by atoms with van der Waals surface area (Å²) in [6.45, 7) is 3.42. The average Bonchev–Trinajstić information content (AvgIpc) is 2.80. The van der Waals surface area contributed by atoms with Gasteiger partial charge >= 0.3 is 18.3 Å². The van der Waals surface area contributed by atoms with Gasteiger partial charge in [-0.3, -0.25) is 4.79 Å². The Balaban J connectivity index is 2.36. The Morgan fingerprint density at radius 1 is 0.861 bits per heavy atom. The summed E-state index contributed by atoms with van der Waals surface area (Å²) >= 11 is 0. The molecule has 36 heavy (non-hydrogen) atoms. The van der Waals surface area contributed by atoms with Crippen LogP contribution in [0.4, 0.5) is 37.7 Å². The molecule has 3 aromatic rings. The molecule has 3 nitrogen and oxygen atoms in total. The molecule has 1 N–H and O–H groups in total. The quantitative estimate of drug-likeness (QED) is 0.325. The van der Waals surface area contributed by atoms with E-state index in [2.05, 4.69) is 0 Å². The van der Waals surface area contributed by atoms with Gasteiger partial charge in [0.25, 0.3) is 0 Å². The Kier molecular flexibility index (Phi) is 7.71. The molecule has 0 saturated carbocycles. The number of carboxylic acids is 1. The standard InChI is InChI=1S/C27H25F6NO2/c1-16(2)12-22(25(35)36)21-13-18(17-8-5-4-6-9-17)14-23(24(21)27(31,32)33)34(3)20-11-7-10-19(15-20)26(28,29)30/h4-11,13-16,22H,12H2,1-3H3,(H,35,36). The summed E-state index contributed by atoms with van der Waals surface area (Å²) in [5.74, 6) is -3.11. The molecule has 0 saturated heterocycles. The Morgan fingerprint density at radius 3 is 2.03 bits per heavy atom. The predicted octanol–water partition coefficient (Wildman–Crippen LogP) is 8.37. The van der Waals surface area contributed by atoms with Crippen molar-refractivity contribution < 1.29 is 36.2 Å². The van der Waals surface area contributed by atoms with E-state index in [-0.39, 0.29) is 18.0 Å². The van der Waals surface area contributed by atoms with Crippen LogP contribution in [0.3, 0.4) is 0 Å². The summed E-state index contributed by atoms with van der Waals surface area (Å²) in [6.07, 6.45) is -9.71. The maximum absolute atomic E-state index is 14.5. The van der Waals surface area contributed by atoms with Gasteiger partial charge in [-0.05, 0) is 59.4 Å². The van der Waals surface area contributed by atoms with Crippen molar-refractivity contribution >= 4 is 17.3 Å². The fraction of sp³-hybridized carbons (Fsp3) is 0.296. The summed E-state index contributed by atoms with van der Waals surface area (Å²) < 4.78 is 83.6. The van der Waals surface area contributed by atoms with Crippen LogP contribution in [0.1, 0.15) is 42.9 Å². The molecule has 0 heterocycles. The van der Waals surface area contributed by atoms with Gasteiger partial charge in [0.2, 0.25) is 0 Å². The summed E-state index contributed by atoms with van der Waals surface area (Å²) in [5, 5.41) is 9.89. The first-order valence-electron chi connectivity index (χ1n) is 11.1. The first-order valence-corrected chi connectivity index (χ1v) is 11.1. The number of aliphatic carboxylic acids is 1. The summed E-state index contributed by atoms with van der Waals surface area (Å²) in [7, 11) is 1.23. The number of nitrogens with zero attached hydrogens (tertiary/aromatic N) is 1. The van der Waals surface area contributed by atoms with E-state index in [1.54, 1.807) is 44.2 Å². The van der Waals surface area contributed by atoms with Gasteiger partial charge < -0.3 is 10.0 Å². The Hall–Kier alpha value is -3.49.